The number of ether oxygens (including phenoxy) is 2. The van der Waals surface area contributed by atoms with E-state index >= 15 is 0 Å². The average molecular weight is 425 g/mol. The fourth-order valence-corrected chi connectivity index (χ4v) is 3.27. The normalized spacial score (nSPS) is 13.8. The first-order valence-electron chi connectivity index (χ1n) is 10.4. The number of hydrogen-bond acceptors (Lipinski definition) is 6. The average Bonchev–Trinajstić information content (AvgIpc) is 2.79. The van der Waals surface area contributed by atoms with Crippen LogP contribution in [0.1, 0.15) is 42.1 Å². The number of benzene rings is 2. The van der Waals surface area contributed by atoms with Gasteiger partial charge in [-0.3, -0.25) is 10.2 Å². The molecule has 0 unspecified atom stereocenters. The Morgan fingerprint density at radius 1 is 1.10 bits per heavy atom. The van der Waals surface area contributed by atoms with Crippen LogP contribution in [0.2, 0.25) is 0 Å². The molecule has 31 heavy (non-hydrogen) atoms. The van der Waals surface area contributed by atoms with Crippen molar-refractivity contribution in [2.75, 3.05) is 31.7 Å². The minimum absolute atomic E-state index is 0.0134. The Hall–Kier alpha value is -3.55. The number of carboxylic acid groups (broad SMARTS) is 1. The number of likely N-dealkylation sites (tertiary alicyclic amines) is 1. The molecule has 164 valence electrons. The quantitative estimate of drug-likeness (QED) is 0.470. The minimum atomic E-state index is -0.997. The number of aromatic carboxylic acids is 1. The van der Waals surface area contributed by atoms with Gasteiger partial charge in [0.2, 0.25) is 0 Å². The van der Waals surface area contributed by atoms with E-state index in [-0.39, 0.29) is 18.1 Å². The summed E-state index contributed by atoms with van der Waals surface area (Å²) < 4.78 is 11.4. The molecule has 0 spiro atoms. The van der Waals surface area contributed by atoms with E-state index in [1.54, 1.807) is 30.5 Å². The lowest BCUT2D eigenvalue weighted by molar-refractivity contribution is -0.134. The van der Waals surface area contributed by atoms with Crippen LogP contribution in [0.4, 0.5) is 5.69 Å². The number of carbonyl (C=O) groups excluding carboxylic acids is 1. The third kappa shape index (κ3) is 6.47. The molecular weight excluding hydrogens is 398 g/mol. The first-order chi connectivity index (χ1) is 15.1. The fourth-order valence-electron chi connectivity index (χ4n) is 3.27. The van der Waals surface area contributed by atoms with E-state index in [0.717, 1.165) is 31.5 Å². The van der Waals surface area contributed by atoms with Gasteiger partial charge in [-0.15, -0.1) is 0 Å². The molecule has 8 heteroatoms. The maximum Gasteiger partial charge on any atom is 0.335 e. The van der Waals surface area contributed by atoms with Crippen LogP contribution >= 0.6 is 0 Å². The van der Waals surface area contributed by atoms with Crippen molar-refractivity contribution in [2.45, 2.75) is 26.2 Å². The van der Waals surface area contributed by atoms with Gasteiger partial charge in [0.05, 0.1) is 24.1 Å². The molecule has 0 bridgehead atoms. The molecule has 1 fully saturated rings. The molecule has 0 radical (unpaired) electrons. The number of nitrogens with zero attached hydrogens (tertiary/aromatic N) is 2. The highest BCUT2D eigenvalue weighted by Crippen LogP contribution is 2.28. The van der Waals surface area contributed by atoms with Gasteiger partial charge in [0.25, 0.3) is 5.91 Å². The van der Waals surface area contributed by atoms with Crippen molar-refractivity contribution >= 4 is 23.8 Å². The van der Waals surface area contributed by atoms with Crippen molar-refractivity contribution in [3.8, 4) is 11.5 Å². The highest BCUT2D eigenvalue weighted by Gasteiger charge is 2.17. The molecule has 2 aromatic rings. The van der Waals surface area contributed by atoms with E-state index in [2.05, 4.69) is 10.5 Å². The van der Waals surface area contributed by atoms with Gasteiger partial charge in [0.1, 0.15) is 0 Å². The lowest BCUT2D eigenvalue weighted by Crippen LogP contribution is -2.38. The maximum absolute atomic E-state index is 12.3. The van der Waals surface area contributed by atoms with Gasteiger partial charge in [-0.1, -0.05) is 6.07 Å². The van der Waals surface area contributed by atoms with E-state index in [1.165, 1.54) is 18.6 Å². The maximum atomic E-state index is 12.3. The summed E-state index contributed by atoms with van der Waals surface area (Å²) in [6.07, 6.45) is 4.85. The minimum Gasteiger partial charge on any atom is -0.490 e. The van der Waals surface area contributed by atoms with Gasteiger partial charge in [-0.2, -0.15) is 5.10 Å². The highest BCUT2D eigenvalue weighted by molar-refractivity contribution is 5.89. The SMILES string of the molecule is CCOc1cc(/C=N/Nc2cccc(C(=O)O)c2)ccc1OCC(=O)N1CCCCC1. The number of carbonyl (C=O) groups is 2. The number of hydrogen-bond donors (Lipinski definition) is 2. The molecule has 3 rings (SSSR count). The Kier molecular flexibility index (Phi) is 7.86. The number of rotatable bonds is 9. The van der Waals surface area contributed by atoms with Crippen LogP contribution < -0.4 is 14.9 Å². The smallest absolute Gasteiger partial charge is 0.335 e. The third-order valence-corrected chi connectivity index (χ3v) is 4.84. The zero-order chi connectivity index (χ0) is 22.1. The van der Waals surface area contributed by atoms with Crippen LogP contribution in [0.3, 0.4) is 0 Å². The zero-order valence-electron chi connectivity index (χ0n) is 17.5. The summed E-state index contributed by atoms with van der Waals surface area (Å²) in [6, 6.07) is 11.7. The van der Waals surface area contributed by atoms with Crippen LogP contribution in [0.15, 0.2) is 47.6 Å². The van der Waals surface area contributed by atoms with Crippen LogP contribution in [0.25, 0.3) is 0 Å². The van der Waals surface area contributed by atoms with Gasteiger partial charge >= 0.3 is 5.97 Å². The van der Waals surface area contributed by atoms with Crippen molar-refractivity contribution in [2.24, 2.45) is 5.10 Å². The number of hydrazone groups is 1. The third-order valence-electron chi connectivity index (χ3n) is 4.84. The molecule has 0 aliphatic carbocycles. The van der Waals surface area contributed by atoms with Crippen molar-refractivity contribution in [3.05, 3.63) is 53.6 Å². The molecule has 1 amide bonds. The Morgan fingerprint density at radius 3 is 2.65 bits per heavy atom. The number of piperidine rings is 1. The van der Waals surface area contributed by atoms with Crippen molar-refractivity contribution < 1.29 is 24.2 Å². The number of amides is 1. The van der Waals surface area contributed by atoms with Crippen LogP contribution in [0, 0.1) is 0 Å². The van der Waals surface area contributed by atoms with Gasteiger partial charge < -0.3 is 19.5 Å². The monoisotopic (exact) mass is 425 g/mol. The number of anilines is 1. The van der Waals surface area contributed by atoms with E-state index in [0.29, 0.717) is 23.8 Å². The Labute approximate surface area is 181 Å². The topological polar surface area (TPSA) is 100 Å². The van der Waals surface area contributed by atoms with E-state index in [1.807, 2.05) is 17.9 Å². The van der Waals surface area contributed by atoms with E-state index < -0.39 is 5.97 Å². The zero-order valence-corrected chi connectivity index (χ0v) is 17.5. The second-order valence-corrected chi connectivity index (χ2v) is 7.13. The van der Waals surface area contributed by atoms with Crippen LogP contribution in [-0.2, 0) is 4.79 Å². The molecule has 1 aliphatic rings. The summed E-state index contributed by atoms with van der Waals surface area (Å²) in [5.41, 5.74) is 4.33. The lowest BCUT2D eigenvalue weighted by atomic mass is 10.1. The van der Waals surface area contributed by atoms with Crippen molar-refractivity contribution in [3.63, 3.8) is 0 Å². The molecule has 0 atom stereocenters. The summed E-state index contributed by atoms with van der Waals surface area (Å²) in [4.78, 5) is 25.2. The predicted molar refractivity (Wildman–Crippen MR) is 118 cm³/mol. The summed E-state index contributed by atoms with van der Waals surface area (Å²) in [5.74, 6) is 0.0289. The first kappa shape index (κ1) is 22.1. The summed E-state index contributed by atoms with van der Waals surface area (Å²) >= 11 is 0. The predicted octanol–water partition coefficient (Wildman–Crippen LogP) is 3.62. The Bertz CT molecular complexity index is 939. The van der Waals surface area contributed by atoms with Gasteiger partial charge in [-0.25, -0.2) is 4.79 Å². The lowest BCUT2D eigenvalue weighted by Gasteiger charge is -2.26. The van der Waals surface area contributed by atoms with Gasteiger partial charge in [-0.05, 0) is 68.1 Å². The van der Waals surface area contributed by atoms with E-state index in [4.69, 9.17) is 14.6 Å². The molecule has 1 saturated heterocycles. The molecule has 0 saturated carbocycles. The second kappa shape index (κ2) is 11.0. The molecule has 0 aromatic heterocycles. The highest BCUT2D eigenvalue weighted by atomic mass is 16.5. The standard InChI is InChI=1S/C23H27N3O5/c1-2-30-21-13-17(15-24-25-19-8-6-7-18(14-19)23(28)29)9-10-20(21)31-16-22(27)26-11-4-3-5-12-26/h6-10,13-15,25H,2-5,11-12,16H2,1H3,(H,28,29)/b24-15+. The Morgan fingerprint density at radius 2 is 1.90 bits per heavy atom. The van der Waals surface area contributed by atoms with Gasteiger partial charge in [0, 0.05) is 13.1 Å². The molecule has 2 aromatic carbocycles. The number of carboxylic acids is 1. The van der Waals surface area contributed by atoms with Crippen molar-refractivity contribution in [1.82, 2.24) is 4.90 Å². The second-order valence-electron chi connectivity index (χ2n) is 7.13. The summed E-state index contributed by atoms with van der Waals surface area (Å²) in [7, 11) is 0. The van der Waals surface area contributed by atoms with E-state index in [9.17, 15) is 9.59 Å². The van der Waals surface area contributed by atoms with Gasteiger partial charge in [0.15, 0.2) is 18.1 Å². The number of nitrogens with one attached hydrogen (secondary N) is 1. The van der Waals surface area contributed by atoms with Crippen molar-refractivity contribution in [1.29, 1.82) is 0 Å². The molecule has 1 aliphatic heterocycles. The summed E-state index contributed by atoms with van der Waals surface area (Å²) in [5, 5.41) is 13.2. The summed E-state index contributed by atoms with van der Waals surface area (Å²) in [6.45, 7) is 3.89. The molecule has 2 N–H and O–H groups in total. The van der Waals surface area contributed by atoms with Crippen LogP contribution in [-0.4, -0.2) is 54.4 Å². The largest absolute Gasteiger partial charge is 0.490 e. The molecule has 8 nitrogen and oxygen atoms in total. The first-order valence-corrected chi connectivity index (χ1v) is 10.4. The van der Waals surface area contributed by atoms with Crippen LogP contribution in [0.5, 0.6) is 11.5 Å². The molecular formula is C23H27N3O5. The Balaban J connectivity index is 1.62. The fraction of sp³-hybridized carbons (Fsp3) is 0.348. The molecule has 1 heterocycles.